The molecular formula is C19H18N2OS. The second kappa shape index (κ2) is 6.75. The van der Waals surface area contributed by atoms with E-state index in [-0.39, 0.29) is 5.91 Å². The molecule has 0 saturated heterocycles. The predicted octanol–water partition coefficient (Wildman–Crippen LogP) is 4.39. The van der Waals surface area contributed by atoms with E-state index in [1.165, 1.54) is 0 Å². The topological polar surface area (TPSA) is 33.2 Å². The van der Waals surface area contributed by atoms with Crippen molar-refractivity contribution in [3.05, 3.63) is 76.8 Å². The summed E-state index contributed by atoms with van der Waals surface area (Å²) in [6, 6.07) is 19.9. The van der Waals surface area contributed by atoms with Gasteiger partial charge in [-0.05, 0) is 12.5 Å². The molecule has 1 heterocycles. The predicted molar refractivity (Wildman–Crippen MR) is 94.5 cm³/mol. The molecule has 3 aromatic rings. The van der Waals surface area contributed by atoms with Crippen LogP contribution in [0.5, 0.6) is 0 Å². The Morgan fingerprint density at radius 2 is 1.65 bits per heavy atom. The van der Waals surface area contributed by atoms with Gasteiger partial charge in [0.25, 0.3) is 5.91 Å². The largest absolute Gasteiger partial charge is 0.336 e. The third-order valence-electron chi connectivity index (χ3n) is 3.63. The average molecular weight is 322 g/mol. The van der Waals surface area contributed by atoms with Gasteiger partial charge >= 0.3 is 0 Å². The molecule has 1 aromatic heterocycles. The van der Waals surface area contributed by atoms with E-state index in [2.05, 4.69) is 4.98 Å². The number of thiazole rings is 1. The number of aromatic nitrogens is 1. The fourth-order valence-electron chi connectivity index (χ4n) is 2.41. The van der Waals surface area contributed by atoms with Gasteiger partial charge in [0, 0.05) is 24.0 Å². The summed E-state index contributed by atoms with van der Waals surface area (Å²) in [5.74, 6) is -0.0372. The Morgan fingerprint density at radius 3 is 2.30 bits per heavy atom. The van der Waals surface area contributed by atoms with E-state index >= 15 is 0 Å². The monoisotopic (exact) mass is 322 g/mol. The number of aryl methyl sites for hydroxylation is 1. The van der Waals surface area contributed by atoms with Crippen LogP contribution >= 0.6 is 11.3 Å². The van der Waals surface area contributed by atoms with E-state index < -0.39 is 0 Å². The normalized spacial score (nSPS) is 10.5. The zero-order valence-corrected chi connectivity index (χ0v) is 14.0. The zero-order valence-electron chi connectivity index (χ0n) is 13.2. The van der Waals surface area contributed by atoms with Crippen LogP contribution < -0.4 is 0 Å². The summed E-state index contributed by atoms with van der Waals surface area (Å²) in [6.45, 7) is 2.53. The second-order valence-corrected chi connectivity index (χ2v) is 6.64. The number of nitrogens with zero attached hydrogens (tertiary/aromatic N) is 2. The van der Waals surface area contributed by atoms with Gasteiger partial charge in [-0.3, -0.25) is 4.79 Å². The van der Waals surface area contributed by atoms with Crippen molar-refractivity contribution in [2.45, 2.75) is 13.5 Å². The summed E-state index contributed by atoms with van der Waals surface area (Å²) in [5, 5.41) is 0.888. The molecule has 0 atom stereocenters. The van der Waals surface area contributed by atoms with Crippen LogP contribution in [0.2, 0.25) is 0 Å². The van der Waals surface area contributed by atoms with Gasteiger partial charge in [0.1, 0.15) is 10.7 Å². The smallest absolute Gasteiger partial charge is 0.273 e. The van der Waals surface area contributed by atoms with Gasteiger partial charge in [-0.2, -0.15) is 0 Å². The Balaban J connectivity index is 1.81. The lowest BCUT2D eigenvalue weighted by Gasteiger charge is -2.16. The van der Waals surface area contributed by atoms with Gasteiger partial charge in [-0.1, -0.05) is 60.7 Å². The third-order valence-corrected chi connectivity index (χ3v) is 4.65. The van der Waals surface area contributed by atoms with Crippen molar-refractivity contribution in [2.24, 2.45) is 0 Å². The highest BCUT2D eigenvalue weighted by atomic mass is 32.1. The summed E-state index contributed by atoms with van der Waals surface area (Å²) >= 11 is 1.56. The second-order valence-electron chi connectivity index (χ2n) is 5.44. The molecule has 0 bridgehead atoms. The van der Waals surface area contributed by atoms with Gasteiger partial charge < -0.3 is 4.90 Å². The lowest BCUT2D eigenvalue weighted by molar-refractivity contribution is 0.0779. The fraction of sp³-hybridized carbons (Fsp3) is 0.158. The van der Waals surface area contributed by atoms with Gasteiger partial charge in [-0.15, -0.1) is 11.3 Å². The molecule has 0 aliphatic carbocycles. The fourth-order valence-corrected chi connectivity index (χ4v) is 3.32. The molecule has 0 spiro atoms. The van der Waals surface area contributed by atoms with E-state index in [9.17, 15) is 4.79 Å². The first-order chi connectivity index (χ1) is 11.1. The molecule has 0 saturated carbocycles. The molecule has 0 fully saturated rings. The zero-order chi connectivity index (χ0) is 16.2. The number of carbonyl (C=O) groups excluding carboxylic acids is 1. The maximum Gasteiger partial charge on any atom is 0.273 e. The van der Waals surface area contributed by atoms with Crippen molar-refractivity contribution in [1.82, 2.24) is 9.88 Å². The Hall–Kier alpha value is -2.46. The van der Waals surface area contributed by atoms with Crippen LogP contribution in [0, 0.1) is 6.92 Å². The quantitative estimate of drug-likeness (QED) is 0.713. The van der Waals surface area contributed by atoms with Crippen molar-refractivity contribution in [3.63, 3.8) is 0 Å². The van der Waals surface area contributed by atoms with Gasteiger partial charge in [-0.25, -0.2) is 4.98 Å². The van der Waals surface area contributed by atoms with Crippen molar-refractivity contribution < 1.29 is 4.79 Å². The van der Waals surface area contributed by atoms with Crippen LogP contribution in [-0.2, 0) is 6.54 Å². The van der Waals surface area contributed by atoms with Gasteiger partial charge in [0.2, 0.25) is 0 Å². The molecule has 3 nitrogen and oxygen atoms in total. The number of rotatable bonds is 4. The number of benzene rings is 2. The van der Waals surface area contributed by atoms with E-state index in [1.54, 1.807) is 16.2 Å². The molecule has 2 aromatic carbocycles. The summed E-state index contributed by atoms with van der Waals surface area (Å²) in [6.07, 6.45) is 0. The third kappa shape index (κ3) is 3.48. The number of amides is 1. The van der Waals surface area contributed by atoms with E-state index in [4.69, 9.17) is 0 Å². The van der Waals surface area contributed by atoms with Crippen LogP contribution in [0.1, 0.15) is 20.9 Å². The molecule has 0 radical (unpaired) electrons. The van der Waals surface area contributed by atoms with Crippen molar-refractivity contribution in [1.29, 1.82) is 0 Å². The van der Waals surface area contributed by atoms with Crippen LogP contribution in [0.25, 0.3) is 10.6 Å². The summed E-state index contributed by atoms with van der Waals surface area (Å²) in [4.78, 5) is 19.9. The first kappa shape index (κ1) is 15.4. The molecule has 23 heavy (non-hydrogen) atoms. The Labute approximate surface area is 140 Å². The van der Waals surface area contributed by atoms with Crippen molar-refractivity contribution in [2.75, 3.05) is 7.05 Å². The first-order valence-corrected chi connectivity index (χ1v) is 8.29. The van der Waals surface area contributed by atoms with Crippen LogP contribution in [0.4, 0.5) is 0 Å². The van der Waals surface area contributed by atoms with Crippen molar-refractivity contribution in [3.8, 4) is 10.6 Å². The number of hydrogen-bond acceptors (Lipinski definition) is 3. The number of hydrogen-bond donors (Lipinski definition) is 0. The minimum atomic E-state index is -0.0372. The van der Waals surface area contributed by atoms with E-state index in [1.807, 2.05) is 74.6 Å². The maximum atomic E-state index is 12.7. The van der Waals surface area contributed by atoms with Crippen molar-refractivity contribution >= 4 is 17.2 Å². The Bertz CT molecular complexity index is 797. The standard InChI is InChI=1S/C19H18N2OS/c1-14-17(20-18(23-14)16-11-7-4-8-12-16)19(22)21(2)13-15-9-5-3-6-10-15/h3-12H,13H2,1-2H3. The maximum absolute atomic E-state index is 12.7. The minimum absolute atomic E-state index is 0.0372. The first-order valence-electron chi connectivity index (χ1n) is 7.47. The Morgan fingerprint density at radius 1 is 1.04 bits per heavy atom. The SMILES string of the molecule is Cc1sc(-c2ccccc2)nc1C(=O)N(C)Cc1ccccc1. The molecule has 1 amide bonds. The van der Waals surface area contributed by atoms with Crippen LogP contribution in [-0.4, -0.2) is 22.8 Å². The molecule has 0 unspecified atom stereocenters. The molecule has 0 aliphatic rings. The van der Waals surface area contributed by atoms with Gasteiger partial charge in [0.05, 0.1) is 0 Å². The summed E-state index contributed by atoms with van der Waals surface area (Å²) in [5.41, 5.74) is 2.71. The average Bonchev–Trinajstić information content (AvgIpc) is 2.97. The highest BCUT2D eigenvalue weighted by molar-refractivity contribution is 7.15. The highest BCUT2D eigenvalue weighted by Gasteiger charge is 2.19. The summed E-state index contributed by atoms with van der Waals surface area (Å²) < 4.78 is 0. The Kier molecular flexibility index (Phi) is 4.53. The molecule has 0 aliphatic heterocycles. The number of carbonyl (C=O) groups is 1. The molecular weight excluding hydrogens is 304 g/mol. The van der Waals surface area contributed by atoms with E-state index in [0.29, 0.717) is 12.2 Å². The lowest BCUT2D eigenvalue weighted by Crippen LogP contribution is -2.27. The molecule has 4 heteroatoms. The highest BCUT2D eigenvalue weighted by Crippen LogP contribution is 2.28. The summed E-state index contributed by atoms with van der Waals surface area (Å²) in [7, 11) is 1.82. The molecule has 3 rings (SSSR count). The van der Waals surface area contributed by atoms with Crippen LogP contribution in [0.15, 0.2) is 60.7 Å². The van der Waals surface area contributed by atoms with Crippen LogP contribution in [0.3, 0.4) is 0 Å². The molecule has 0 N–H and O–H groups in total. The molecule has 116 valence electrons. The van der Waals surface area contributed by atoms with Gasteiger partial charge in [0.15, 0.2) is 0 Å². The lowest BCUT2D eigenvalue weighted by atomic mass is 10.2. The minimum Gasteiger partial charge on any atom is -0.336 e. The van der Waals surface area contributed by atoms with E-state index in [0.717, 1.165) is 21.0 Å².